The number of ether oxygens (including phenoxy) is 1. The van der Waals surface area contributed by atoms with Crippen LogP contribution in [0.1, 0.15) is 36.0 Å². The number of aliphatic carboxylic acids is 1. The molecule has 0 heterocycles. The van der Waals surface area contributed by atoms with E-state index in [9.17, 15) is 9.59 Å². The third-order valence-corrected chi connectivity index (χ3v) is 4.98. The van der Waals surface area contributed by atoms with Crippen LogP contribution in [-0.2, 0) is 4.79 Å². The van der Waals surface area contributed by atoms with Crippen molar-refractivity contribution in [2.24, 2.45) is 5.92 Å². The lowest BCUT2D eigenvalue weighted by molar-refractivity contribution is -0.139. The van der Waals surface area contributed by atoms with Crippen molar-refractivity contribution >= 4 is 11.9 Å². The first-order chi connectivity index (χ1) is 12.6. The summed E-state index contributed by atoms with van der Waals surface area (Å²) in [5.41, 5.74) is 0.512. The lowest BCUT2D eigenvalue weighted by Crippen LogP contribution is -2.55. The molecular formula is C20H26N2O4. The second-order valence-corrected chi connectivity index (χ2v) is 7.16. The molecular weight excluding hydrogens is 332 g/mol. The van der Waals surface area contributed by atoms with Crippen LogP contribution < -0.4 is 10.1 Å². The number of nitrogens with one attached hydrogen (secondary N) is 1. The van der Waals surface area contributed by atoms with Crippen LogP contribution in [0, 0.1) is 5.92 Å². The highest BCUT2D eigenvalue weighted by Gasteiger charge is 2.38. The van der Waals surface area contributed by atoms with Crippen LogP contribution in [0.25, 0.3) is 0 Å². The molecule has 2 aliphatic rings. The van der Waals surface area contributed by atoms with Crippen molar-refractivity contribution < 1.29 is 19.4 Å². The number of nitrogens with zero attached hydrogens (tertiary/aromatic N) is 1. The quantitative estimate of drug-likeness (QED) is 0.628. The molecule has 140 valence electrons. The first kappa shape index (κ1) is 18.5. The third-order valence-electron chi connectivity index (χ3n) is 4.98. The summed E-state index contributed by atoms with van der Waals surface area (Å²) in [4.78, 5) is 25.7. The molecule has 6 heteroatoms. The highest BCUT2D eigenvalue weighted by Crippen LogP contribution is 2.34. The van der Waals surface area contributed by atoms with Gasteiger partial charge in [0.15, 0.2) is 0 Å². The number of carboxylic acids is 1. The van der Waals surface area contributed by atoms with Crippen LogP contribution in [0.15, 0.2) is 36.9 Å². The molecule has 1 aromatic rings. The summed E-state index contributed by atoms with van der Waals surface area (Å²) in [6.07, 6.45) is 5.62. The van der Waals surface area contributed by atoms with E-state index in [0.29, 0.717) is 23.8 Å². The van der Waals surface area contributed by atoms with E-state index in [-0.39, 0.29) is 24.5 Å². The molecule has 0 aliphatic heterocycles. The van der Waals surface area contributed by atoms with Crippen molar-refractivity contribution in [3.05, 3.63) is 42.5 Å². The topological polar surface area (TPSA) is 78.9 Å². The van der Waals surface area contributed by atoms with E-state index in [4.69, 9.17) is 9.84 Å². The average Bonchev–Trinajstić information content (AvgIpc) is 3.39. The van der Waals surface area contributed by atoms with Gasteiger partial charge in [0, 0.05) is 18.6 Å². The normalized spacial score (nSPS) is 21.7. The number of carbonyl (C=O) groups excluding carboxylic acids is 1. The molecule has 0 radical (unpaired) electrons. The fraction of sp³-hybridized carbons (Fsp3) is 0.500. The molecule has 3 rings (SSSR count). The van der Waals surface area contributed by atoms with E-state index in [0.717, 1.165) is 19.4 Å². The number of carboxylic acid groups (broad SMARTS) is 1. The van der Waals surface area contributed by atoms with Gasteiger partial charge in [-0.15, -0.1) is 0 Å². The molecule has 2 aliphatic carbocycles. The maximum Gasteiger partial charge on any atom is 0.317 e. The van der Waals surface area contributed by atoms with Crippen LogP contribution in [0.5, 0.6) is 5.75 Å². The summed E-state index contributed by atoms with van der Waals surface area (Å²) in [5, 5.41) is 12.2. The molecule has 0 spiro atoms. The average molecular weight is 358 g/mol. The van der Waals surface area contributed by atoms with Gasteiger partial charge in [0.25, 0.3) is 5.91 Å². The Bertz CT molecular complexity index is 666. The Kier molecular flexibility index (Phi) is 5.93. The molecule has 1 amide bonds. The Labute approximate surface area is 153 Å². The largest absolute Gasteiger partial charge is 0.489 e. The van der Waals surface area contributed by atoms with Gasteiger partial charge in [0.05, 0.1) is 12.1 Å². The smallest absolute Gasteiger partial charge is 0.317 e. The Hall–Kier alpha value is -2.34. The summed E-state index contributed by atoms with van der Waals surface area (Å²) in [6.45, 7) is 4.91. The molecule has 0 atom stereocenters. The molecule has 0 saturated heterocycles. The lowest BCUT2D eigenvalue weighted by Gasteiger charge is -2.42. The molecule has 2 N–H and O–H groups in total. The van der Waals surface area contributed by atoms with Crippen LogP contribution in [0.4, 0.5) is 0 Å². The lowest BCUT2D eigenvalue weighted by atomic mass is 9.85. The Morgan fingerprint density at radius 1 is 1.31 bits per heavy atom. The monoisotopic (exact) mass is 358 g/mol. The molecule has 2 fully saturated rings. The highest BCUT2D eigenvalue weighted by atomic mass is 16.5. The van der Waals surface area contributed by atoms with Crippen LogP contribution >= 0.6 is 0 Å². The Morgan fingerprint density at radius 3 is 2.69 bits per heavy atom. The zero-order valence-electron chi connectivity index (χ0n) is 14.9. The molecule has 2 saturated carbocycles. The maximum atomic E-state index is 12.5. The van der Waals surface area contributed by atoms with Crippen molar-refractivity contribution in [3.8, 4) is 5.75 Å². The maximum absolute atomic E-state index is 12.5. The predicted octanol–water partition coefficient (Wildman–Crippen LogP) is 2.31. The molecule has 6 nitrogen and oxygen atoms in total. The van der Waals surface area contributed by atoms with Crippen LogP contribution in [0.3, 0.4) is 0 Å². The van der Waals surface area contributed by atoms with Crippen LogP contribution in [-0.4, -0.2) is 53.7 Å². The summed E-state index contributed by atoms with van der Waals surface area (Å²) < 4.78 is 5.54. The Morgan fingerprint density at radius 2 is 2.04 bits per heavy atom. The molecule has 0 bridgehead atoms. The van der Waals surface area contributed by atoms with Gasteiger partial charge >= 0.3 is 5.97 Å². The predicted molar refractivity (Wildman–Crippen MR) is 98.3 cm³/mol. The number of amides is 1. The summed E-state index contributed by atoms with van der Waals surface area (Å²) in [5.74, 6) is 0.255. The SMILES string of the molecule is C=CCOc1ccccc1C(=O)NC1CC(N(CC(=O)O)CC2CC2)C1. The second kappa shape index (κ2) is 8.36. The fourth-order valence-corrected chi connectivity index (χ4v) is 3.34. The van der Waals surface area contributed by atoms with Crippen molar-refractivity contribution in [2.75, 3.05) is 19.7 Å². The fourth-order valence-electron chi connectivity index (χ4n) is 3.34. The van der Waals surface area contributed by atoms with Gasteiger partial charge in [-0.3, -0.25) is 14.5 Å². The van der Waals surface area contributed by atoms with Crippen molar-refractivity contribution in [1.82, 2.24) is 10.2 Å². The van der Waals surface area contributed by atoms with Crippen molar-refractivity contribution in [2.45, 2.75) is 37.8 Å². The van der Waals surface area contributed by atoms with Crippen molar-refractivity contribution in [3.63, 3.8) is 0 Å². The van der Waals surface area contributed by atoms with E-state index in [1.54, 1.807) is 18.2 Å². The molecule has 1 aromatic carbocycles. The standard InChI is InChI=1S/C20H26N2O4/c1-2-9-26-18-6-4-3-5-17(18)20(25)21-15-10-16(11-15)22(13-19(23)24)12-14-7-8-14/h2-6,14-16H,1,7-13H2,(H,21,25)(H,23,24). The zero-order valence-corrected chi connectivity index (χ0v) is 14.9. The van der Waals surface area contributed by atoms with Gasteiger partial charge in [-0.2, -0.15) is 0 Å². The van der Waals surface area contributed by atoms with Gasteiger partial charge in [0.2, 0.25) is 0 Å². The first-order valence-electron chi connectivity index (χ1n) is 9.16. The van der Waals surface area contributed by atoms with Gasteiger partial charge in [-0.25, -0.2) is 0 Å². The minimum absolute atomic E-state index is 0.0791. The van der Waals surface area contributed by atoms with E-state index >= 15 is 0 Å². The zero-order chi connectivity index (χ0) is 18.5. The Balaban J connectivity index is 1.52. The number of para-hydroxylation sites is 1. The van der Waals surface area contributed by atoms with Gasteiger partial charge in [0.1, 0.15) is 12.4 Å². The van der Waals surface area contributed by atoms with Gasteiger partial charge in [-0.05, 0) is 43.7 Å². The molecule has 26 heavy (non-hydrogen) atoms. The second-order valence-electron chi connectivity index (χ2n) is 7.16. The third kappa shape index (κ3) is 4.85. The summed E-state index contributed by atoms with van der Waals surface area (Å²) in [7, 11) is 0. The van der Waals surface area contributed by atoms with Crippen molar-refractivity contribution in [1.29, 1.82) is 0 Å². The number of benzene rings is 1. The van der Waals surface area contributed by atoms with E-state index in [2.05, 4.69) is 16.8 Å². The number of hydrogen-bond donors (Lipinski definition) is 2. The highest BCUT2D eigenvalue weighted by molar-refractivity contribution is 5.97. The minimum Gasteiger partial charge on any atom is -0.489 e. The van der Waals surface area contributed by atoms with Gasteiger partial charge in [-0.1, -0.05) is 24.8 Å². The first-order valence-corrected chi connectivity index (χ1v) is 9.16. The molecule has 0 aromatic heterocycles. The van der Waals surface area contributed by atoms with E-state index in [1.165, 1.54) is 12.8 Å². The summed E-state index contributed by atoms with van der Waals surface area (Å²) in [6, 6.07) is 7.47. The van der Waals surface area contributed by atoms with E-state index < -0.39 is 5.97 Å². The minimum atomic E-state index is -0.786. The van der Waals surface area contributed by atoms with Gasteiger partial charge < -0.3 is 15.2 Å². The number of hydrogen-bond acceptors (Lipinski definition) is 4. The summed E-state index contributed by atoms with van der Waals surface area (Å²) >= 11 is 0. The van der Waals surface area contributed by atoms with Crippen LogP contribution in [0.2, 0.25) is 0 Å². The number of rotatable bonds is 10. The van der Waals surface area contributed by atoms with E-state index in [1.807, 2.05) is 12.1 Å². The molecule has 0 unspecified atom stereocenters. The number of carbonyl (C=O) groups is 2.